The van der Waals surface area contributed by atoms with Gasteiger partial charge in [-0.15, -0.1) is 0 Å². The van der Waals surface area contributed by atoms with E-state index < -0.39 is 0 Å². The number of ether oxygens (including phenoxy) is 1. The Kier molecular flexibility index (Phi) is 16.3. The minimum absolute atomic E-state index is 0.637. The molecule has 0 N–H and O–H groups in total. The zero-order chi connectivity index (χ0) is 13.3. The molecule has 0 bridgehead atoms. The second kappa shape index (κ2) is 16.6. The first-order valence-electron chi connectivity index (χ1n) is 7.93. The van der Waals surface area contributed by atoms with Crippen LogP contribution in [0.3, 0.4) is 0 Å². The van der Waals surface area contributed by atoms with Crippen molar-refractivity contribution in [2.45, 2.75) is 84.0 Å². The standard InChI is InChI=1S/C16H32O2/c1-2-3-4-5-6-7-8-9-10-12-15-18-16-13-11-14-17/h14H,2-13,15-16H2,1H3. The van der Waals surface area contributed by atoms with Crippen LogP contribution in [0.15, 0.2) is 0 Å². The lowest BCUT2D eigenvalue weighted by molar-refractivity contribution is -0.108. The second-order valence-electron chi connectivity index (χ2n) is 5.10. The molecule has 0 aromatic rings. The molecule has 0 fully saturated rings. The van der Waals surface area contributed by atoms with Crippen LogP contribution in [-0.2, 0) is 9.53 Å². The van der Waals surface area contributed by atoms with E-state index >= 15 is 0 Å². The largest absolute Gasteiger partial charge is 0.381 e. The molecule has 0 aromatic carbocycles. The van der Waals surface area contributed by atoms with Gasteiger partial charge in [-0.05, 0) is 12.8 Å². The van der Waals surface area contributed by atoms with Gasteiger partial charge in [0.25, 0.3) is 0 Å². The Hall–Kier alpha value is -0.370. The fourth-order valence-electron chi connectivity index (χ4n) is 2.06. The predicted molar refractivity (Wildman–Crippen MR) is 78.0 cm³/mol. The van der Waals surface area contributed by atoms with Gasteiger partial charge in [0.1, 0.15) is 6.29 Å². The van der Waals surface area contributed by atoms with Crippen molar-refractivity contribution in [2.75, 3.05) is 13.2 Å². The lowest BCUT2D eigenvalue weighted by Gasteiger charge is -2.03. The summed E-state index contributed by atoms with van der Waals surface area (Å²) in [6.45, 7) is 3.88. The summed E-state index contributed by atoms with van der Waals surface area (Å²) >= 11 is 0. The zero-order valence-electron chi connectivity index (χ0n) is 12.3. The minimum atomic E-state index is 0.637. The third kappa shape index (κ3) is 15.6. The van der Waals surface area contributed by atoms with Gasteiger partial charge in [0.15, 0.2) is 0 Å². The number of hydrogen-bond donors (Lipinski definition) is 0. The second-order valence-corrected chi connectivity index (χ2v) is 5.10. The number of hydrogen-bond acceptors (Lipinski definition) is 2. The summed E-state index contributed by atoms with van der Waals surface area (Å²) in [6, 6.07) is 0. The van der Waals surface area contributed by atoms with E-state index in [2.05, 4.69) is 6.92 Å². The molecule has 0 aliphatic heterocycles. The average Bonchev–Trinajstić information content (AvgIpc) is 2.39. The highest BCUT2D eigenvalue weighted by atomic mass is 16.5. The molecular formula is C16H32O2. The maximum absolute atomic E-state index is 10.1. The summed E-state index contributed by atoms with van der Waals surface area (Å²) in [7, 11) is 0. The van der Waals surface area contributed by atoms with Gasteiger partial charge >= 0.3 is 0 Å². The first-order valence-corrected chi connectivity index (χ1v) is 7.93. The van der Waals surface area contributed by atoms with Gasteiger partial charge in [0.05, 0.1) is 0 Å². The van der Waals surface area contributed by atoms with Crippen LogP contribution >= 0.6 is 0 Å². The van der Waals surface area contributed by atoms with Gasteiger partial charge < -0.3 is 9.53 Å². The molecule has 0 unspecified atom stereocenters. The summed E-state index contributed by atoms with van der Waals surface area (Å²) < 4.78 is 5.45. The third-order valence-corrected chi connectivity index (χ3v) is 3.25. The van der Waals surface area contributed by atoms with E-state index in [1.807, 2.05) is 0 Å². The van der Waals surface area contributed by atoms with Crippen molar-refractivity contribution in [1.82, 2.24) is 0 Å². The van der Waals surface area contributed by atoms with Gasteiger partial charge in [-0.25, -0.2) is 0 Å². The highest BCUT2D eigenvalue weighted by molar-refractivity contribution is 5.48. The summed E-state index contributed by atoms with van der Waals surface area (Å²) in [5.74, 6) is 0. The average molecular weight is 256 g/mol. The number of carbonyl (C=O) groups excluding carboxylic acids is 1. The Morgan fingerprint density at radius 3 is 1.78 bits per heavy atom. The smallest absolute Gasteiger partial charge is 0.120 e. The summed E-state index contributed by atoms with van der Waals surface area (Å²) in [6.07, 6.45) is 16.1. The molecule has 0 aliphatic rings. The van der Waals surface area contributed by atoms with Crippen LogP contribution in [0, 0.1) is 0 Å². The summed E-state index contributed by atoms with van der Waals surface area (Å²) in [4.78, 5) is 10.1. The number of aldehydes is 1. The molecule has 2 heteroatoms. The van der Waals surface area contributed by atoms with Crippen LogP contribution in [0.4, 0.5) is 0 Å². The lowest BCUT2D eigenvalue weighted by atomic mass is 10.1. The molecule has 0 atom stereocenters. The van der Waals surface area contributed by atoms with Crippen molar-refractivity contribution in [3.05, 3.63) is 0 Å². The molecule has 0 rings (SSSR count). The molecule has 108 valence electrons. The SMILES string of the molecule is CCCCCCCCCCCCOCCCC=O. The Morgan fingerprint density at radius 2 is 1.22 bits per heavy atom. The maximum Gasteiger partial charge on any atom is 0.120 e. The fourth-order valence-corrected chi connectivity index (χ4v) is 2.06. The third-order valence-electron chi connectivity index (χ3n) is 3.25. The van der Waals surface area contributed by atoms with Crippen LogP contribution in [0.1, 0.15) is 84.0 Å². The van der Waals surface area contributed by atoms with Crippen molar-refractivity contribution in [1.29, 1.82) is 0 Å². The van der Waals surface area contributed by atoms with Crippen LogP contribution in [0.5, 0.6) is 0 Å². The van der Waals surface area contributed by atoms with Crippen LogP contribution < -0.4 is 0 Å². The van der Waals surface area contributed by atoms with E-state index in [0.717, 1.165) is 25.9 Å². The van der Waals surface area contributed by atoms with Crippen molar-refractivity contribution in [2.24, 2.45) is 0 Å². The molecule has 0 heterocycles. The summed E-state index contributed by atoms with van der Waals surface area (Å²) in [5.41, 5.74) is 0. The molecule has 0 spiro atoms. The molecular weight excluding hydrogens is 224 g/mol. The van der Waals surface area contributed by atoms with Crippen molar-refractivity contribution in [3.63, 3.8) is 0 Å². The Bertz CT molecular complexity index is 157. The van der Waals surface area contributed by atoms with E-state index in [-0.39, 0.29) is 0 Å². The number of carbonyl (C=O) groups is 1. The van der Waals surface area contributed by atoms with Crippen LogP contribution in [0.25, 0.3) is 0 Å². The molecule has 0 aromatic heterocycles. The van der Waals surface area contributed by atoms with Gasteiger partial charge in [-0.1, -0.05) is 64.7 Å². The number of unbranched alkanes of at least 4 members (excludes halogenated alkanes) is 10. The van der Waals surface area contributed by atoms with E-state index in [4.69, 9.17) is 4.74 Å². The molecule has 0 aliphatic carbocycles. The van der Waals surface area contributed by atoms with Gasteiger partial charge in [0, 0.05) is 19.6 Å². The Labute approximate surface area is 113 Å². The van der Waals surface area contributed by atoms with E-state index in [1.165, 1.54) is 64.2 Å². The highest BCUT2D eigenvalue weighted by Gasteiger charge is 1.93. The fraction of sp³-hybridized carbons (Fsp3) is 0.938. The van der Waals surface area contributed by atoms with E-state index in [9.17, 15) is 4.79 Å². The minimum Gasteiger partial charge on any atom is -0.381 e. The highest BCUT2D eigenvalue weighted by Crippen LogP contribution is 2.10. The summed E-state index contributed by atoms with van der Waals surface area (Å²) in [5, 5.41) is 0. The maximum atomic E-state index is 10.1. The van der Waals surface area contributed by atoms with E-state index in [0.29, 0.717) is 6.42 Å². The van der Waals surface area contributed by atoms with Crippen LogP contribution in [-0.4, -0.2) is 19.5 Å². The van der Waals surface area contributed by atoms with Crippen molar-refractivity contribution in [3.8, 4) is 0 Å². The van der Waals surface area contributed by atoms with Gasteiger partial charge in [-0.2, -0.15) is 0 Å². The first-order chi connectivity index (χ1) is 8.91. The Morgan fingerprint density at radius 1 is 0.722 bits per heavy atom. The van der Waals surface area contributed by atoms with Crippen LogP contribution in [0.2, 0.25) is 0 Å². The molecule has 2 nitrogen and oxygen atoms in total. The molecule has 0 radical (unpaired) electrons. The van der Waals surface area contributed by atoms with Crippen molar-refractivity contribution >= 4 is 6.29 Å². The van der Waals surface area contributed by atoms with Crippen molar-refractivity contribution < 1.29 is 9.53 Å². The zero-order valence-corrected chi connectivity index (χ0v) is 12.3. The molecule has 0 saturated heterocycles. The topological polar surface area (TPSA) is 26.3 Å². The Balaban J connectivity index is 2.88. The van der Waals surface area contributed by atoms with E-state index in [1.54, 1.807) is 0 Å². The lowest BCUT2D eigenvalue weighted by Crippen LogP contribution is -1.97. The number of rotatable bonds is 15. The molecule has 0 amide bonds. The molecule has 18 heavy (non-hydrogen) atoms. The predicted octanol–water partition coefficient (Wildman–Crippen LogP) is 4.90. The van der Waals surface area contributed by atoms with Gasteiger partial charge in [0.2, 0.25) is 0 Å². The normalized spacial score (nSPS) is 10.7. The van der Waals surface area contributed by atoms with Gasteiger partial charge in [-0.3, -0.25) is 0 Å². The molecule has 0 saturated carbocycles. The first kappa shape index (κ1) is 17.6. The monoisotopic (exact) mass is 256 g/mol. The quantitative estimate of drug-likeness (QED) is 0.307.